The van der Waals surface area contributed by atoms with E-state index < -0.39 is 17.5 Å². The zero-order valence-corrected chi connectivity index (χ0v) is 17.6. The van der Waals surface area contributed by atoms with Gasteiger partial charge in [-0.1, -0.05) is 25.1 Å². The number of hydrogen-bond acceptors (Lipinski definition) is 6. The van der Waals surface area contributed by atoms with Crippen LogP contribution in [0.15, 0.2) is 57.7 Å². The van der Waals surface area contributed by atoms with Crippen LogP contribution in [0.1, 0.15) is 42.1 Å². The lowest BCUT2D eigenvalue weighted by Crippen LogP contribution is -2.28. The number of esters is 1. The standard InChI is InChI=1S/C24H25NO6/c1-3-12-25-23(27)19-14-17-10-11-18(15-21(17)31-24(19)28)30-22(26)9-6-13-29-20-8-5-4-7-16(20)2/h4-5,7-8,10-11,14-15H,3,6,9,12-13H2,1-2H3,(H,25,27). The Bertz CT molecular complexity index is 1130. The van der Waals surface area contributed by atoms with E-state index in [1.165, 1.54) is 12.1 Å². The molecule has 0 bridgehead atoms. The van der Waals surface area contributed by atoms with Crippen molar-refractivity contribution in [3.63, 3.8) is 0 Å². The van der Waals surface area contributed by atoms with E-state index in [-0.39, 0.29) is 23.3 Å². The summed E-state index contributed by atoms with van der Waals surface area (Å²) in [6, 6.07) is 13.9. The fourth-order valence-electron chi connectivity index (χ4n) is 2.95. The molecule has 31 heavy (non-hydrogen) atoms. The van der Waals surface area contributed by atoms with E-state index in [4.69, 9.17) is 13.9 Å². The van der Waals surface area contributed by atoms with Gasteiger partial charge in [-0.3, -0.25) is 9.59 Å². The van der Waals surface area contributed by atoms with Crippen molar-refractivity contribution < 1.29 is 23.5 Å². The van der Waals surface area contributed by atoms with Gasteiger partial charge >= 0.3 is 11.6 Å². The molecule has 1 amide bonds. The van der Waals surface area contributed by atoms with Crippen LogP contribution < -0.4 is 20.4 Å². The van der Waals surface area contributed by atoms with Crippen LogP contribution in [0.4, 0.5) is 0 Å². The van der Waals surface area contributed by atoms with Gasteiger partial charge in [-0.15, -0.1) is 0 Å². The number of ether oxygens (including phenoxy) is 2. The maximum absolute atomic E-state index is 12.1. The molecule has 0 atom stereocenters. The van der Waals surface area contributed by atoms with Crippen molar-refractivity contribution in [2.75, 3.05) is 13.2 Å². The SMILES string of the molecule is CCCNC(=O)c1cc2ccc(OC(=O)CCCOc3ccccc3C)cc2oc1=O. The monoisotopic (exact) mass is 423 g/mol. The van der Waals surface area contributed by atoms with Crippen LogP contribution in [0.2, 0.25) is 0 Å². The minimum absolute atomic E-state index is 0.0562. The van der Waals surface area contributed by atoms with Gasteiger partial charge in [0.2, 0.25) is 0 Å². The lowest BCUT2D eigenvalue weighted by atomic mass is 10.1. The molecular formula is C24H25NO6. The summed E-state index contributed by atoms with van der Waals surface area (Å²) in [5, 5.41) is 3.21. The molecule has 0 aliphatic heterocycles. The molecule has 0 radical (unpaired) electrons. The summed E-state index contributed by atoms with van der Waals surface area (Å²) in [5.74, 6) is 0.179. The first kappa shape index (κ1) is 22.1. The maximum Gasteiger partial charge on any atom is 0.349 e. The van der Waals surface area contributed by atoms with E-state index in [9.17, 15) is 14.4 Å². The van der Waals surface area contributed by atoms with Gasteiger partial charge in [0, 0.05) is 24.4 Å². The first-order chi connectivity index (χ1) is 15.0. The zero-order valence-electron chi connectivity index (χ0n) is 17.6. The highest BCUT2D eigenvalue weighted by atomic mass is 16.5. The predicted molar refractivity (Wildman–Crippen MR) is 117 cm³/mol. The minimum atomic E-state index is -0.738. The molecule has 0 saturated carbocycles. The molecule has 1 N–H and O–H groups in total. The van der Waals surface area contributed by atoms with Crippen molar-refractivity contribution in [2.45, 2.75) is 33.1 Å². The number of carbonyl (C=O) groups excluding carboxylic acids is 2. The lowest BCUT2D eigenvalue weighted by Gasteiger charge is -2.09. The van der Waals surface area contributed by atoms with Crippen LogP contribution in [0.3, 0.4) is 0 Å². The third-order valence-corrected chi connectivity index (χ3v) is 4.60. The Labute approximate surface area is 180 Å². The molecule has 0 fully saturated rings. The van der Waals surface area contributed by atoms with Gasteiger partial charge in [0.15, 0.2) is 0 Å². The first-order valence-electron chi connectivity index (χ1n) is 10.2. The Balaban J connectivity index is 1.57. The summed E-state index contributed by atoms with van der Waals surface area (Å²) in [7, 11) is 0. The molecule has 0 aliphatic rings. The predicted octanol–water partition coefficient (Wildman–Crippen LogP) is 4.01. The molecule has 7 nitrogen and oxygen atoms in total. The number of carbonyl (C=O) groups is 2. The number of rotatable bonds is 9. The molecule has 1 aromatic heterocycles. The molecule has 3 aromatic rings. The fourth-order valence-corrected chi connectivity index (χ4v) is 2.95. The zero-order chi connectivity index (χ0) is 22.2. The Kier molecular flexibility index (Phi) is 7.43. The number of para-hydroxylation sites is 1. The van der Waals surface area contributed by atoms with Crippen molar-refractivity contribution in [1.29, 1.82) is 0 Å². The number of fused-ring (bicyclic) bond motifs is 1. The molecule has 0 aliphatic carbocycles. The smallest absolute Gasteiger partial charge is 0.349 e. The molecule has 0 unspecified atom stereocenters. The van der Waals surface area contributed by atoms with Crippen LogP contribution in [-0.2, 0) is 4.79 Å². The van der Waals surface area contributed by atoms with Crippen LogP contribution in [0.5, 0.6) is 11.5 Å². The molecule has 0 saturated heterocycles. The normalized spacial score (nSPS) is 10.6. The Morgan fingerprint density at radius 2 is 1.90 bits per heavy atom. The molecule has 2 aromatic carbocycles. The largest absolute Gasteiger partial charge is 0.493 e. The van der Waals surface area contributed by atoms with Crippen molar-refractivity contribution in [3.05, 3.63) is 70.1 Å². The van der Waals surface area contributed by atoms with E-state index in [0.29, 0.717) is 25.0 Å². The van der Waals surface area contributed by atoms with Crippen LogP contribution >= 0.6 is 0 Å². The molecule has 0 spiro atoms. The van der Waals surface area contributed by atoms with Gasteiger partial charge in [0.25, 0.3) is 5.91 Å². The van der Waals surface area contributed by atoms with Gasteiger partial charge in [-0.25, -0.2) is 4.79 Å². The summed E-state index contributed by atoms with van der Waals surface area (Å²) in [5.41, 5.74) is 0.483. The number of amides is 1. The van der Waals surface area contributed by atoms with Gasteiger partial charge < -0.3 is 19.2 Å². The van der Waals surface area contributed by atoms with Crippen LogP contribution in [-0.4, -0.2) is 25.0 Å². The molecule has 1 heterocycles. The van der Waals surface area contributed by atoms with E-state index in [0.717, 1.165) is 17.7 Å². The van der Waals surface area contributed by atoms with E-state index in [2.05, 4.69) is 5.32 Å². The quantitative estimate of drug-likeness (QED) is 0.242. The average Bonchev–Trinajstić information content (AvgIpc) is 2.75. The van der Waals surface area contributed by atoms with Crippen molar-refractivity contribution in [1.82, 2.24) is 5.32 Å². The van der Waals surface area contributed by atoms with Gasteiger partial charge in [0.05, 0.1) is 6.61 Å². The second-order valence-electron chi connectivity index (χ2n) is 7.09. The van der Waals surface area contributed by atoms with E-state index >= 15 is 0 Å². The summed E-state index contributed by atoms with van der Waals surface area (Å²) in [6.07, 6.45) is 1.45. The molecule has 3 rings (SSSR count). The van der Waals surface area contributed by atoms with Crippen LogP contribution in [0.25, 0.3) is 11.0 Å². The molecule has 7 heteroatoms. The second kappa shape index (κ2) is 10.4. The highest BCUT2D eigenvalue weighted by Crippen LogP contribution is 2.21. The second-order valence-corrected chi connectivity index (χ2v) is 7.09. The third-order valence-electron chi connectivity index (χ3n) is 4.60. The van der Waals surface area contributed by atoms with Crippen LogP contribution in [0, 0.1) is 6.92 Å². The molecule has 162 valence electrons. The summed E-state index contributed by atoms with van der Waals surface area (Å²) in [4.78, 5) is 36.3. The number of hydrogen-bond donors (Lipinski definition) is 1. The highest BCUT2D eigenvalue weighted by Gasteiger charge is 2.14. The lowest BCUT2D eigenvalue weighted by molar-refractivity contribution is -0.134. The first-order valence-corrected chi connectivity index (χ1v) is 10.2. The third kappa shape index (κ3) is 5.94. The van der Waals surface area contributed by atoms with Crippen molar-refractivity contribution >= 4 is 22.8 Å². The van der Waals surface area contributed by atoms with Gasteiger partial charge in [0.1, 0.15) is 22.6 Å². The Morgan fingerprint density at radius 3 is 2.68 bits per heavy atom. The summed E-state index contributed by atoms with van der Waals surface area (Å²) in [6.45, 7) is 4.75. The average molecular weight is 423 g/mol. The van der Waals surface area contributed by atoms with E-state index in [1.807, 2.05) is 38.1 Å². The maximum atomic E-state index is 12.1. The fraction of sp³-hybridized carbons (Fsp3) is 0.292. The number of benzene rings is 2. The molecular weight excluding hydrogens is 398 g/mol. The minimum Gasteiger partial charge on any atom is -0.493 e. The van der Waals surface area contributed by atoms with Gasteiger partial charge in [-0.05, 0) is 49.6 Å². The summed E-state index contributed by atoms with van der Waals surface area (Å²) < 4.78 is 16.3. The topological polar surface area (TPSA) is 94.8 Å². The highest BCUT2D eigenvalue weighted by molar-refractivity contribution is 5.96. The van der Waals surface area contributed by atoms with Gasteiger partial charge in [-0.2, -0.15) is 0 Å². The number of aryl methyl sites for hydroxylation is 1. The van der Waals surface area contributed by atoms with Crippen molar-refractivity contribution in [3.8, 4) is 11.5 Å². The Morgan fingerprint density at radius 1 is 1.10 bits per heavy atom. The number of nitrogens with one attached hydrogen (secondary N) is 1. The van der Waals surface area contributed by atoms with E-state index in [1.54, 1.807) is 12.1 Å². The Hall–Kier alpha value is -3.61. The summed E-state index contributed by atoms with van der Waals surface area (Å²) >= 11 is 0. The van der Waals surface area contributed by atoms with Crippen molar-refractivity contribution in [2.24, 2.45) is 0 Å².